The smallest absolute Gasteiger partial charge is 0.310 e. The largest absolute Gasteiger partial charge is 0.481 e. The lowest BCUT2D eigenvalue weighted by Gasteiger charge is -2.71. The van der Waals surface area contributed by atoms with Gasteiger partial charge in [-0.25, -0.2) is 0 Å². The fourth-order valence-corrected chi connectivity index (χ4v) is 17.1. The minimum absolute atomic E-state index is 0.0709. The monoisotopic (exact) mass is 1160 g/mol. The molecule has 13 N–H and O–H groups in total. The fraction of sp³-hybridized carbons (Fsp3) is 0.912. The van der Waals surface area contributed by atoms with Crippen LogP contribution < -0.4 is 0 Å². The summed E-state index contributed by atoms with van der Waals surface area (Å²) in [6, 6.07) is 0. The zero-order chi connectivity index (χ0) is 58.8. The Hall–Kier alpha value is -1.93. The van der Waals surface area contributed by atoms with Gasteiger partial charge >= 0.3 is 5.97 Å². The topological polar surface area (TPSA) is 372 Å². The van der Waals surface area contributed by atoms with Gasteiger partial charge in [-0.3, -0.25) is 4.79 Å². The van der Waals surface area contributed by atoms with E-state index in [1.165, 1.54) is 19.4 Å². The molecule has 5 aliphatic carbocycles. The van der Waals surface area contributed by atoms with E-state index < -0.39 is 177 Å². The Morgan fingerprint density at radius 3 is 1.88 bits per heavy atom. The molecular formula is C57H90O24. The number of hydrogen-bond donors (Lipinski definition) is 13. The Balaban J connectivity index is 0.848. The molecule has 0 aromatic rings. The summed E-state index contributed by atoms with van der Waals surface area (Å²) in [5.74, 6) is -0.296. The second-order valence-corrected chi connectivity index (χ2v) is 26.7. The van der Waals surface area contributed by atoms with Crippen LogP contribution in [0.3, 0.4) is 0 Å². The zero-order valence-corrected chi connectivity index (χ0v) is 47.4. The number of fused-ring (bicyclic) bond motifs is 7. The average molecular weight is 1160 g/mol. The van der Waals surface area contributed by atoms with Crippen LogP contribution >= 0.6 is 0 Å². The summed E-state index contributed by atoms with van der Waals surface area (Å²) in [5.41, 5.74) is 0.774. The Morgan fingerprint density at radius 1 is 0.593 bits per heavy atom. The molecule has 462 valence electrons. The van der Waals surface area contributed by atoms with Gasteiger partial charge in [0.2, 0.25) is 0 Å². The van der Waals surface area contributed by atoms with Gasteiger partial charge in [0.05, 0.1) is 43.5 Å². The highest BCUT2D eigenvalue weighted by Crippen LogP contribution is 2.75. The van der Waals surface area contributed by atoms with Crippen LogP contribution in [0.25, 0.3) is 0 Å². The van der Waals surface area contributed by atoms with Crippen molar-refractivity contribution in [3.05, 3.63) is 23.8 Å². The molecule has 0 unspecified atom stereocenters. The number of allylic oxidation sites excluding steroid dienone is 3. The maximum atomic E-state index is 13.1. The van der Waals surface area contributed by atoms with Crippen LogP contribution in [0, 0.1) is 44.8 Å². The van der Waals surface area contributed by atoms with Crippen LogP contribution in [0.5, 0.6) is 0 Å². The molecule has 5 heterocycles. The van der Waals surface area contributed by atoms with Gasteiger partial charge in [-0.2, -0.15) is 0 Å². The van der Waals surface area contributed by atoms with Crippen molar-refractivity contribution in [2.75, 3.05) is 19.8 Å². The third-order valence-corrected chi connectivity index (χ3v) is 22.1. The lowest BCUT2D eigenvalue weighted by molar-refractivity contribution is -0.402. The van der Waals surface area contributed by atoms with Crippen molar-refractivity contribution in [3.63, 3.8) is 0 Å². The summed E-state index contributed by atoms with van der Waals surface area (Å²) in [5, 5.41) is 143. The van der Waals surface area contributed by atoms with Crippen LogP contribution in [0.15, 0.2) is 23.8 Å². The number of ether oxygens (including phenoxy) is 10. The summed E-state index contributed by atoms with van der Waals surface area (Å²) in [4.78, 5) is 13.1. The van der Waals surface area contributed by atoms with E-state index in [0.717, 1.165) is 44.1 Å². The second-order valence-electron chi connectivity index (χ2n) is 26.7. The summed E-state index contributed by atoms with van der Waals surface area (Å²) in [6.45, 7) is 17.1. The van der Waals surface area contributed by atoms with Crippen molar-refractivity contribution >= 4 is 5.97 Å². The molecule has 0 spiro atoms. The molecule has 10 rings (SSSR count). The number of hydrogen-bond acceptors (Lipinski definition) is 23. The third-order valence-electron chi connectivity index (χ3n) is 22.1. The minimum Gasteiger partial charge on any atom is -0.481 e. The van der Waals surface area contributed by atoms with Crippen molar-refractivity contribution in [2.45, 2.75) is 260 Å². The Kier molecular flexibility index (Phi) is 17.6. The van der Waals surface area contributed by atoms with Gasteiger partial charge in [-0.05, 0) is 112 Å². The molecular weight excluding hydrogens is 1070 g/mol. The lowest BCUT2D eigenvalue weighted by Crippen LogP contribution is -2.68. The van der Waals surface area contributed by atoms with Crippen LogP contribution in [-0.2, 0) is 52.2 Å². The van der Waals surface area contributed by atoms with Crippen molar-refractivity contribution < 1.29 is 119 Å². The maximum Gasteiger partial charge on any atom is 0.310 e. The predicted octanol–water partition coefficient (Wildman–Crippen LogP) is -0.782. The summed E-state index contributed by atoms with van der Waals surface area (Å²) < 4.78 is 60.3. The number of carboxylic acids is 1. The molecule has 0 radical (unpaired) electrons. The van der Waals surface area contributed by atoms with Gasteiger partial charge in [0.1, 0.15) is 97.7 Å². The van der Waals surface area contributed by atoms with Gasteiger partial charge in [0.15, 0.2) is 31.5 Å². The van der Waals surface area contributed by atoms with E-state index in [-0.39, 0.29) is 34.7 Å². The SMILES string of the molecule is C=C1CC[C@]2(C(=O)O)CC[C@]3(C)C(=CC[C@@H]4[C@@]5(C)CC[C@H](O[C@@H]6OC[C@@H](O)[C@H](O[C@@H]7O[C@H](CO)[C@H](O[C@@H]8O[C@@H](C)[C@H](O[C@@H]9OC[C@H](O)[C@H](O)[C@H]9O)[C@@H](O)[C@H]8O)[C@H](O)[C@H]7O[C@@H]7O[C@@H](C)[C@H](O)[C@@H](O)[C@H]7O)[C@H]6O)C(C)(C)[C@@H]5CC[C@]43C)[C@@H]2C1. The number of aliphatic hydroxyl groups excluding tert-OH is 12. The van der Waals surface area contributed by atoms with E-state index in [1.54, 1.807) is 0 Å². The van der Waals surface area contributed by atoms with Crippen molar-refractivity contribution in [3.8, 4) is 0 Å². The van der Waals surface area contributed by atoms with Crippen molar-refractivity contribution in [1.82, 2.24) is 0 Å². The summed E-state index contributed by atoms with van der Waals surface area (Å²) >= 11 is 0. The molecule has 4 saturated carbocycles. The van der Waals surface area contributed by atoms with E-state index in [4.69, 9.17) is 47.4 Å². The van der Waals surface area contributed by atoms with Crippen LogP contribution in [0.2, 0.25) is 0 Å². The molecule has 0 aromatic carbocycles. The third kappa shape index (κ3) is 10.3. The quantitative estimate of drug-likeness (QED) is 0.0842. The first-order chi connectivity index (χ1) is 38.0. The Bertz CT molecular complexity index is 2290. The first kappa shape index (κ1) is 62.1. The molecule has 24 nitrogen and oxygen atoms in total. The number of carbonyl (C=O) groups is 1. The molecule has 0 amide bonds. The van der Waals surface area contributed by atoms with Crippen molar-refractivity contribution in [1.29, 1.82) is 0 Å². The number of aliphatic carboxylic acids is 1. The summed E-state index contributed by atoms with van der Waals surface area (Å²) in [6.07, 6.45) is -28.1. The molecule has 81 heavy (non-hydrogen) atoms. The number of carboxylic acid groups (broad SMARTS) is 1. The first-order valence-corrected chi connectivity index (χ1v) is 29.2. The molecule has 24 heteroatoms. The van der Waals surface area contributed by atoms with Gasteiger partial charge in [0, 0.05) is 5.92 Å². The van der Waals surface area contributed by atoms with E-state index in [1.807, 2.05) is 0 Å². The van der Waals surface area contributed by atoms with Crippen LogP contribution in [0.1, 0.15) is 113 Å². The average Bonchev–Trinajstić information content (AvgIpc) is 3.60. The lowest BCUT2D eigenvalue weighted by atomic mass is 9.34. The summed E-state index contributed by atoms with van der Waals surface area (Å²) in [7, 11) is 0. The van der Waals surface area contributed by atoms with E-state index >= 15 is 0 Å². The van der Waals surface area contributed by atoms with E-state index in [2.05, 4.69) is 47.3 Å². The minimum atomic E-state index is -1.99. The van der Waals surface area contributed by atoms with Crippen LogP contribution in [0.4, 0.5) is 0 Å². The van der Waals surface area contributed by atoms with Crippen LogP contribution in [-0.4, -0.2) is 240 Å². The molecule has 10 aliphatic rings. The van der Waals surface area contributed by atoms with E-state index in [0.29, 0.717) is 31.6 Å². The molecule has 0 aromatic heterocycles. The Morgan fingerprint density at radius 2 is 1.20 bits per heavy atom. The highest BCUT2D eigenvalue weighted by atomic mass is 16.8. The van der Waals surface area contributed by atoms with Crippen molar-refractivity contribution in [2.24, 2.45) is 44.8 Å². The van der Waals surface area contributed by atoms with Gasteiger partial charge in [-0.15, -0.1) is 0 Å². The molecule has 5 saturated heterocycles. The molecule has 0 bridgehead atoms. The normalized spacial score (nSPS) is 54.7. The predicted molar refractivity (Wildman–Crippen MR) is 276 cm³/mol. The standard InChI is InChI=1S/C57H90O24/c1-23-11-16-57(52(70)71)18-17-55(7)26(27(57)19-23)9-10-32-54(6)14-13-33(53(4,5)31(54)12-15-56(32,55)8)77-48-42(69)44(29(60)22-73-48)79-51-46(81-49-39(66)36(63)34(61)24(2)74-49)41(68)45(30(20-58)76-51)80-50-40(67)37(64)43(25(3)75-50)78-47-38(65)35(62)28(59)21-72-47/h9,24-25,27-51,58-69H,1,10-22H2,2-8H3,(H,70,71)/t24-,25-,27-,28-,29+,30+,31-,32+,33-,34-,35-,36+,37-,38+,39+,40+,41-,42+,43-,44-,45-,46+,47-,48-,49-,50-,51-,54-,55+,56+,57-/m0/s1. The maximum absolute atomic E-state index is 13.1. The number of aliphatic hydroxyl groups is 12. The van der Waals surface area contributed by atoms with E-state index in [9.17, 15) is 71.2 Å². The molecule has 5 aliphatic heterocycles. The first-order valence-electron chi connectivity index (χ1n) is 29.2. The molecule has 9 fully saturated rings. The fourth-order valence-electron chi connectivity index (χ4n) is 17.1. The van der Waals surface area contributed by atoms with Gasteiger partial charge in [-0.1, -0.05) is 58.4 Å². The number of rotatable bonds is 12. The highest BCUT2D eigenvalue weighted by molar-refractivity contribution is 5.77. The highest BCUT2D eigenvalue weighted by Gasteiger charge is 2.69. The molecule has 31 atom stereocenters. The zero-order valence-electron chi connectivity index (χ0n) is 47.4. The Labute approximate surface area is 471 Å². The second kappa shape index (κ2) is 23.0. The van der Waals surface area contributed by atoms with Gasteiger partial charge in [0.25, 0.3) is 0 Å². The van der Waals surface area contributed by atoms with Gasteiger partial charge < -0.3 is 114 Å².